The molecule has 0 radical (unpaired) electrons. The third-order valence-corrected chi connectivity index (χ3v) is 10.5. The predicted molar refractivity (Wildman–Crippen MR) is 205 cm³/mol. The highest BCUT2D eigenvalue weighted by Crippen LogP contribution is 2.44. The lowest BCUT2D eigenvalue weighted by Gasteiger charge is -2.32. The van der Waals surface area contributed by atoms with Crippen LogP contribution in [0.1, 0.15) is 65.7 Å². The molecule has 5 atom stereocenters. The number of rotatable bonds is 16. The molecule has 3 aromatic carbocycles. The average molecular weight is 773 g/mol. The number of aliphatic carboxylic acids is 1. The largest absolute Gasteiger partial charge is 0.493 e. The maximum absolute atomic E-state index is 14.0. The van der Waals surface area contributed by atoms with Crippen LogP contribution in [-0.4, -0.2) is 81.8 Å². The maximum atomic E-state index is 14.0. The minimum atomic E-state index is -1.22. The molecule has 1 aromatic heterocycles. The smallest absolute Gasteiger partial charge is 0.323 e. The molecule has 4 N–H and O–H groups in total. The number of hydrogen-bond donors (Lipinski definition) is 4. The molecule has 1 fully saturated rings. The molecule has 0 bridgehead atoms. The second-order valence-corrected chi connectivity index (χ2v) is 14.5. The van der Waals surface area contributed by atoms with Crippen molar-refractivity contribution >= 4 is 17.6 Å². The van der Waals surface area contributed by atoms with Gasteiger partial charge in [-0.25, -0.2) is 4.39 Å². The van der Waals surface area contributed by atoms with Gasteiger partial charge in [-0.1, -0.05) is 41.9 Å². The Balaban J connectivity index is 1.18. The van der Waals surface area contributed by atoms with Gasteiger partial charge in [0.1, 0.15) is 48.2 Å². The van der Waals surface area contributed by atoms with E-state index in [1.165, 1.54) is 18.7 Å². The first-order valence-electron chi connectivity index (χ1n) is 18.5. The summed E-state index contributed by atoms with van der Waals surface area (Å²) in [6.45, 7) is 5.70. The van der Waals surface area contributed by atoms with Gasteiger partial charge in [-0.2, -0.15) is 5.26 Å². The van der Waals surface area contributed by atoms with E-state index >= 15 is 0 Å². The number of halogens is 2. The lowest BCUT2D eigenvalue weighted by atomic mass is 9.93. The van der Waals surface area contributed by atoms with Gasteiger partial charge in [0.2, 0.25) is 0 Å². The number of aromatic nitrogens is 1. The number of benzene rings is 3. The monoisotopic (exact) mass is 772 g/mol. The third-order valence-electron chi connectivity index (χ3n) is 10.2. The molecule has 1 saturated heterocycles. The molecular formula is C42H46ClFN4O7. The van der Waals surface area contributed by atoms with Crippen LogP contribution in [0.15, 0.2) is 67.0 Å². The van der Waals surface area contributed by atoms with Crippen molar-refractivity contribution in [2.75, 3.05) is 26.2 Å². The Kier molecular flexibility index (Phi) is 13.2. The summed E-state index contributed by atoms with van der Waals surface area (Å²) in [6, 6.07) is 18.1. The van der Waals surface area contributed by atoms with Crippen molar-refractivity contribution in [3.63, 3.8) is 0 Å². The number of aliphatic hydroxyl groups excluding tert-OH is 2. The minimum absolute atomic E-state index is 0.0362. The molecule has 2 heterocycles. The van der Waals surface area contributed by atoms with Gasteiger partial charge >= 0.3 is 5.97 Å². The van der Waals surface area contributed by atoms with Crippen LogP contribution in [-0.2, 0) is 24.4 Å². The Labute approximate surface area is 325 Å². The first kappa shape index (κ1) is 39.9. The normalized spacial score (nSPS) is 19.3. The zero-order valence-electron chi connectivity index (χ0n) is 30.9. The number of nitrogens with zero attached hydrogens (tertiary/aromatic N) is 3. The van der Waals surface area contributed by atoms with Crippen molar-refractivity contribution < 1.29 is 38.7 Å². The van der Waals surface area contributed by atoms with E-state index in [9.17, 15) is 29.8 Å². The minimum Gasteiger partial charge on any atom is -0.493 e. The molecule has 0 unspecified atom stereocenters. The molecule has 0 saturated carbocycles. The number of carbonyl (C=O) groups is 1. The zero-order valence-corrected chi connectivity index (χ0v) is 31.6. The molecule has 290 valence electrons. The Hall–Kier alpha value is -4.77. The highest BCUT2D eigenvalue weighted by molar-refractivity contribution is 6.32. The molecule has 0 spiro atoms. The van der Waals surface area contributed by atoms with Crippen molar-refractivity contribution in [2.24, 2.45) is 0 Å². The van der Waals surface area contributed by atoms with Crippen LogP contribution in [0.2, 0.25) is 5.02 Å². The van der Waals surface area contributed by atoms with Gasteiger partial charge < -0.3 is 34.4 Å². The Morgan fingerprint density at radius 2 is 1.91 bits per heavy atom. The summed E-state index contributed by atoms with van der Waals surface area (Å²) in [7, 11) is 0. The lowest BCUT2D eigenvalue weighted by Crippen LogP contribution is -2.45. The number of nitriles is 1. The fourth-order valence-electron chi connectivity index (χ4n) is 7.25. The fraction of sp³-hybridized carbons (Fsp3) is 0.405. The number of carboxylic acid groups (broad SMARTS) is 1. The quantitative estimate of drug-likeness (QED) is 0.0945. The van der Waals surface area contributed by atoms with E-state index in [0.29, 0.717) is 65.8 Å². The molecule has 0 amide bonds. The molecule has 6 rings (SSSR count). The molecule has 4 aromatic rings. The van der Waals surface area contributed by atoms with E-state index in [1.54, 1.807) is 24.4 Å². The van der Waals surface area contributed by atoms with Gasteiger partial charge in [0.15, 0.2) is 0 Å². The molecule has 11 nitrogen and oxygen atoms in total. The van der Waals surface area contributed by atoms with E-state index < -0.39 is 30.4 Å². The SMILES string of the molecule is Cc1c(OCCCN2CC[C@H](O)[C@H](F)C2)cccc1-c1cccc2c1CC[C@@H]2Oc1cc(OCc2cncc(C#N)c2)c(CN[C@H](C(=O)O)[C@@H](C)O)cc1Cl. The summed E-state index contributed by atoms with van der Waals surface area (Å²) in [5, 5.41) is 41.8. The number of pyridine rings is 1. The number of hydrogen-bond acceptors (Lipinski definition) is 10. The standard InChI is InChI=1S/C42H46ClFN4O7/c1-25-30(6-4-9-37(25)53-15-5-13-48-14-12-36(50)35(44)23-48)31-7-3-8-33-32(31)10-11-38(33)55-40-18-39(54-24-28-16-27(19-45)20-46-21-28)29(17-34(40)43)22-47-41(26(2)49)42(51)52/h3-4,6-9,16-18,20-21,26,35-36,38,41,47,49-50H,5,10-15,22-24H2,1-2H3,(H,51,52)/t26-,35-,36+,38+,41+/m1/s1. The molecule has 1 aliphatic heterocycles. The van der Waals surface area contributed by atoms with Crippen LogP contribution in [0.5, 0.6) is 17.2 Å². The van der Waals surface area contributed by atoms with E-state index in [2.05, 4.69) is 41.5 Å². The third kappa shape index (κ3) is 9.73. The van der Waals surface area contributed by atoms with E-state index in [1.807, 2.05) is 23.1 Å². The predicted octanol–water partition coefficient (Wildman–Crippen LogP) is 6.32. The van der Waals surface area contributed by atoms with Gasteiger partial charge in [-0.15, -0.1) is 0 Å². The average Bonchev–Trinajstić information content (AvgIpc) is 3.58. The topological polar surface area (TPSA) is 157 Å². The van der Waals surface area contributed by atoms with Gasteiger partial charge in [-0.3, -0.25) is 15.1 Å². The zero-order chi connectivity index (χ0) is 39.1. The Bertz CT molecular complexity index is 2020. The molecule has 55 heavy (non-hydrogen) atoms. The van der Waals surface area contributed by atoms with Crippen molar-refractivity contribution in [2.45, 2.75) is 83.2 Å². The summed E-state index contributed by atoms with van der Waals surface area (Å²) in [6.07, 6.45) is 2.23. The summed E-state index contributed by atoms with van der Waals surface area (Å²) in [4.78, 5) is 17.9. The molecule has 1 aliphatic carbocycles. The number of likely N-dealkylation sites (tertiary alicyclic amines) is 1. The van der Waals surface area contributed by atoms with Crippen molar-refractivity contribution in [3.05, 3.63) is 105 Å². The molecule has 13 heteroatoms. The summed E-state index contributed by atoms with van der Waals surface area (Å²) < 4.78 is 33.0. The van der Waals surface area contributed by atoms with Crippen LogP contribution >= 0.6 is 11.6 Å². The van der Waals surface area contributed by atoms with Crippen LogP contribution in [0.4, 0.5) is 4.39 Å². The highest BCUT2D eigenvalue weighted by atomic mass is 35.5. The lowest BCUT2D eigenvalue weighted by molar-refractivity contribution is -0.142. The van der Waals surface area contributed by atoms with Crippen LogP contribution in [0, 0.1) is 18.3 Å². The van der Waals surface area contributed by atoms with Crippen molar-refractivity contribution in [1.82, 2.24) is 15.2 Å². The van der Waals surface area contributed by atoms with Gasteiger partial charge in [0.05, 0.1) is 29.4 Å². The van der Waals surface area contributed by atoms with E-state index in [-0.39, 0.29) is 25.8 Å². The Morgan fingerprint density at radius 1 is 1.11 bits per heavy atom. The molecule has 2 aliphatic rings. The second-order valence-electron chi connectivity index (χ2n) is 14.1. The summed E-state index contributed by atoms with van der Waals surface area (Å²) in [5.41, 5.74) is 7.03. The van der Waals surface area contributed by atoms with E-state index in [0.717, 1.165) is 40.8 Å². The van der Waals surface area contributed by atoms with Crippen molar-refractivity contribution in [1.29, 1.82) is 5.26 Å². The second kappa shape index (κ2) is 18.2. The van der Waals surface area contributed by atoms with E-state index in [4.69, 9.17) is 25.8 Å². The Morgan fingerprint density at radius 3 is 2.67 bits per heavy atom. The number of piperidine rings is 1. The number of alkyl halides is 1. The van der Waals surface area contributed by atoms with Gasteiger partial charge in [-0.05, 0) is 85.5 Å². The van der Waals surface area contributed by atoms with Crippen LogP contribution in [0.3, 0.4) is 0 Å². The number of ether oxygens (including phenoxy) is 3. The fourth-order valence-corrected chi connectivity index (χ4v) is 7.48. The number of aliphatic hydroxyl groups is 2. The number of nitrogens with one attached hydrogen (secondary N) is 1. The summed E-state index contributed by atoms with van der Waals surface area (Å²) in [5.74, 6) is 0.392. The number of carboxylic acids is 1. The summed E-state index contributed by atoms with van der Waals surface area (Å²) >= 11 is 6.81. The van der Waals surface area contributed by atoms with Crippen LogP contribution in [0.25, 0.3) is 11.1 Å². The first-order valence-corrected chi connectivity index (χ1v) is 18.9. The van der Waals surface area contributed by atoms with Crippen LogP contribution < -0.4 is 19.5 Å². The first-order chi connectivity index (χ1) is 26.5. The maximum Gasteiger partial charge on any atom is 0.323 e. The van der Waals surface area contributed by atoms with Gasteiger partial charge in [0.25, 0.3) is 0 Å². The van der Waals surface area contributed by atoms with Gasteiger partial charge in [0, 0.05) is 55.8 Å². The number of fused-ring (bicyclic) bond motifs is 1. The molecular weight excluding hydrogens is 727 g/mol. The van der Waals surface area contributed by atoms with Crippen molar-refractivity contribution in [3.8, 4) is 34.4 Å². The highest BCUT2D eigenvalue weighted by Gasteiger charge is 2.30.